The van der Waals surface area contributed by atoms with E-state index in [-0.39, 0.29) is 41.4 Å². The number of anilines is 1. The second-order valence-corrected chi connectivity index (χ2v) is 8.82. The molecule has 36 heavy (non-hydrogen) atoms. The molecule has 1 aromatic carbocycles. The molecular weight excluding hydrogens is 480 g/mol. The molecule has 0 saturated carbocycles. The summed E-state index contributed by atoms with van der Waals surface area (Å²) in [5, 5.41) is 2.87. The highest BCUT2D eigenvalue weighted by molar-refractivity contribution is 5.81. The first-order valence-electron chi connectivity index (χ1n) is 11.6. The number of piperidine rings is 1. The van der Waals surface area contributed by atoms with E-state index >= 15 is 0 Å². The third kappa shape index (κ3) is 5.48. The largest absolute Gasteiger partial charge is 0.416 e. The Morgan fingerprint density at radius 2 is 1.83 bits per heavy atom. The molecule has 2 aromatic rings. The van der Waals surface area contributed by atoms with E-state index in [1.54, 1.807) is 24.0 Å². The van der Waals surface area contributed by atoms with Crippen molar-refractivity contribution >= 4 is 17.4 Å². The second kappa shape index (κ2) is 10.2. The van der Waals surface area contributed by atoms with Gasteiger partial charge in [0.05, 0.1) is 17.3 Å². The van der Waals surface area contributed by atoms with Gasteiger partial charge in [0.2, 0.25) is 11.9 Å². The summed E-state index contributed by atoms with van der Waals surface area (Å²) in [6.45, 7) is 2.47. The minimum atomic E-state index is -4.54. The van der Waals surface area contributed by atoms with Crippen LogP contribution in [0.1, 0.15) is 37.6 Å². The zero-order valence-electron chi connectivity index (χ0n) is 19.5. The van der Waals surface area contributed by atoms with E-state index in [1.165, 1.54) is 6.08 Å². The third-order valence-corrected chi connectivity index (χ3v) is 6.15. The number of alkyl halides is 4. The molecule has 0 bridgehead atoms. The van der Waals surface area contributed by atoms with Crippen LogP contribution in [0.15, 0.2) is 47.3 Å². The molecule has 12 heteroatoms. The fourth-order valence-electron chi connectivity index (χ4n) is 4.14. The van der Waals surface area contributed by atoms with Gasteiger partial charge in [0.1, 0.15) is 6.17 Å². The van der Waals surface area contributed by atoms with Crippen molar-refractivity contribution in [2.45, 2.75) is 50.6 Å². The lowest BCUT2D eigenvalue weighted by atomic mass is 10.0. The monoisotopic (exact) mass is 506 g/mol. The van der Waals surface area contributed by atoms with Gasteiger partial charge in [-0.2, -0.15) is 23.1 Å². The molecule has 2 unspecified atom stereocenters. The van der Waals surface area contributed by atoms with E-state index in [0.29, 0.717) is 25.9 Å². The predicted molar refractivity (Wildman–Crippen MR) is 126 cm³/mol. The normalized spacial score (nSPS) is 19.7. The van der Waals surface area contributed by atoms with Gasteiger partial charge in [0.25, 0.3) is 0 Å². The Labute approximate surface area is 204 Å². The van der Waals surface area contributed by atoms with E-state index in [9.17, 15) is 27.2 Å². The number of carbonyl (C=O) groups excluding carboxylic acids is 1. The van der Waals surface area contributed by atoms with E-state index in [4.69, 9.17) is 5.73 Å². The molecule has 192 valence electrons. The number of carbonyl (C=O) groups is 1. The number of rotatable bonds is 5. The summed E-state index contributed by atoms with van der Waals surface area (Å²) >= 11 is 0. The lowest BCUT2D eigenvalue weighted by molar-refractivity contribution is -0.137. The van der Waals surface area contributed by atoms with Gasteiger partial charge in [0, 0.05) is 31.1 Å². The number of hydrogen-bond acceptors (Lipinski definition) is 6. The molecular formula is C24H26F4N6O2. The van der Waals surface area contributed by atoms with Crippen LogP contribution in [0, 0.1) is 0 Å². The van der Waals surface area contributed by atoms with Crippen molar-refractivity contribution in [3.05, 3.63) is 64.4 Å². The Hall–Kier alpha value is -3.54. The molecule has 1 aliphatic carbocycles. The summed E-state index contributed by atoms with van der Waals surface area (Å²) in [4.78, 5) is 35.4. The zero-order valence-corrected chi connectivity index (χ0v) is 19.5. The van der Waals surface area contributed by atoms with Gasteiger partial charge < -0.3 is 16.0 Å². The first-order valence-corrected chi connectivity index (χ1v) is 11.6. The number of halogens is 4. The molecule has 4 rings (SSSR count). The lowest BCUT2D eigenvalue weighted by Crippen LogP contribution is -2.49. The number of allylic oxidation sites excluding steroid dienone is 4. The van der Waals surface area contributed by atoms with Crippen LogP contribution in [0.2, 0.25) is 0 Å². The number of nitrogens with two attached hydrogens (primary N) is 1. The lowest BCUT2D eigenvalue weighted by Gasteiger charge is -2.33. The average molecular weight is 507 g/mol. The fraction of sp³-hybridized carbons (Fsp3) is 0.417. The molecule has 1 saturated heterocycles. The molecule has 1 fully saturated rings. The minimum Gasteiger partial charge on any atom is -0.352 e. The summed E-state index contributed by atoms with van der Waals surface area (Å²) in [7, 11) is 0. The maximum absolute atomic E-state index is 14.9. The maximum atomic E-state index is 14.9. The Balaban J connectivity index is 1.68. The predicted octanol–water partition coefficient (Wildman–Crippen LogP) is 2.76. The van der Waals surface area contributed by atoms with Crippen LogP contribution in [0.4, 0.5) is 23.5 Å². The second-order valence-electron chi connectivity index (χ2n) is 8.82. The maximum Gasteiger partial charge on any atom is 0.416 e. The van der Waals surface area contributed by atoms with Gasteiger partial charge in [-0.25, -0.2) is 13.8 Å². The van der Waals surface area contributed by atoms with Gasteiger partial charge >= 0.3 is 11.9 Å². The zero-order chi connectivity index (χ0) is 26.0. The highest BCUT2D eigenvalue weighted by Crippen LogP contribution is 2.31. The van der Waals surface area contributed by atoms with Crippen molar-refractivity contribution in [2.75, 3.05) is 18.0 Å². The summed E-state index contributed by atoms with van der Waals surface area (Å²) in [5.74, 6) is -0.177. The molecule has 0 spiro atoms. The van der Waals surface area contributed by atoms with Crippen LogP contribution in [-0.2, 0) is 11.0 Å². The Morgan fingerprint density at radius 3 is 2.42 bits per heavy atom. The standard InChI is InChI=1S/C24H26F4N6O2/c1-14(29)21(35)30-16-10-12-33(13-11-16)22-31-20(18-4-2-3-5-19(18)25)34(23(36)32-22)17-8-6-15(7-9-17)24(26,27)28/h2-4,6-9,14,16,19H,5,10-13,29H2,1H3,(H,30,35). The summed E-state index contributed by atoms with van der Waals surface area (Å²) in [6, 6.07) is 3.25. The van der Waals surface area contributed by atoms with Gasteiger partial charge in [-0.3, -0.25) is 4.79 Å². The number of nitrogens with zero attached hydrogens (tertiary/aromatic N) is 4. The smallest absolute Gasteiger partial charge is 0.352 e. The van der Waals surface area contributed by atoms with Crippen LogP contribution < -0.4 is 21.6 Å². The van der Waals surface area contributed by atoms with Gasteiger partial charge in [-0.05, 0) is 44.0 Å². The Bertz CT molecular complexity index is 1230. The number of amides is 1. The summed E-state index contributed by atoms with van der Waals surface area (Å²) in [6.07, 6.45) is -0.00235. The molecule has 1 aromatic heterocycles. The molecule has 2 aliphatic rings. The number of aromatic nitrogens is 3. The van der Waals surface area contributed by atoms with E-state index in [1.807, 2.05) is 0 Å². The van der Waals surface area contributed by atoms with Crippen LogP contribution in [-0.4, -0.2) is 51.8 Å². The van der Waals surface area contributed by atoms with Crippen molar-refractivity contribution in [1.82, 2.24) is 19.9 Å². The number of nitrogens with one attached hydrogen (secondary N) is 1. The van der Waals surface area contributed by atoms with Crippen molar-refractivity contribution in [3.63, 3.8) is 0 Å². The number of benzene rings is 1. The highest BCUT2D eigenvalue weighted by atomic mass is 19.4. The third-order valence-electron chi connectivity index (χ3n) is 6.15. The summed E-state index contributed by atoms with van der Waals surface area (Å²) in [5.41, 5.74) is 4.17. The topological polar surface area (TPSA) is 106 Å². The first kappa shape index (κ1) is 25.5. The van der Waals surface area contributed by atoms with Crippen molar-refractivity contribution < 1.29 is 22.4 Å². The Morgan fingerprint density at radius 1 is 1.17 bits per heavy atom. The van der Waals surface area contributed by atoms with Crippen LogP contribution >= 0.6 is 0 Å². The van der Waals surface area contributed by atoms with Crippen molar-refractivity contribution in [2.24, 2.45) is 5.73 Å². The van der Waals surface area contributed by atoms with Gasteiger partial charge in [0.15, 0.2) is 5.82 Å². The SMILES string of the molecule is CC(N)C(=O)NC1CCN(c2nc(C3=CC=CCC3F)n(-c3ccc(C(F)(F)F)cc3)c(=O)n2)CC1. The molecule has 8 nitrogen and oxygen atoms in total. The Kier molecular flexibility index (Phi) is 7.25. The average Bonchev–Trinajstić information content (AvgIpc) is 2.84. The van der Waals surface area contributed by atoms with Crippen LogP contribution in [0.5, 0.6) is 0 Å². The first-order chi connectivity index (χ1) is 17.0. The molecule has 2 heterocycles. The van der Waals surface area contributed by atoms with E-state index in [2.05, 4.69) is 15.3 Å². The molecule has 0 radical (unpaired) electrons. The van der Waals surface area contributed by atoms with E-state index in [0.717, 1.165) is 28.8 Å². The van der Waals surface area contributed by atoms with Gasteiger partial charge in [-0.1, -0.05) is 18.2 Å². The van der Waals surface area contributed by atoms with E-state index < -0.39 is 29.6 Å². The highest BCUT2D eigenvalue weighted by Gasteiger charge is 2.31. The van der Waals surface area contributed by atoms with Crippen LogP contribution in [0.25, 0.3) is 11.3 Å². The fourth-order valence-corrected chi connectivity index (χ4v) is 4.14. The van der Waals surface area contributed by atoms with Crippen molar-refractivity contribution in [3.8, 4) is 5.69 Å². The van der Waals surface area contributed by atoms with Crippen molar-refractivity contribution in [1.29, 1.82) is 0 Å². The molecule has 1 aliphatic heterocycles. The molecule has 1 amide bonds. The minimum absolute atomic E-state index is 0.0195. The molecule has 2 atom stereocenters. The molecule has 3 N–H and O–H groups in total. The van der Waals surface area contributed by atoms with Gasteiger partial charge in [-0.15, -0.1) is 0 Å². The quantitative estimate of drug-likeness (QED) is 0.605. The van der Waals surface area contributed by atoms with Crippen LogP contribution in [0.3, 0.4) is 0 Å². The number of hydrogen-bond donors (Lipinski definition) is 2. The summed E-state index contributed by atoms with van der Waals surface area (Å²) < 4.78 is 55.0.